The maximum absolute atomic E-state index is 11.4. The molecule has 0 unspecified atom stereocenters. The van der Waals surface area contributed by atoms with Crippen LogP contribution in [0.25, 0.3) is 0 Å². The number of carbonyl (C=O) groups is 1. The van der Waals surface area contributed by atoms with Gasteiger partial charge in [0, 0.05) is 12.1 Å². The van der Waals surface area contributed by atoms with Gasteiger partial charge in [-0.3, -0.25) is 0 Å². The summed E-state index contributed by atoms with van der Waals surface area (Å²) in [5.74, 6) is -0.102. The first-order chi connectivity index (χ1) is 7.69. The quantitative estimate of drug-likeness (QED) is 0.697. The number of ether oxygens (including phenoxy) is 1. The lowest BCUT2D eigenvalue weighted by Gasteiger charge is -2.15. The summed E-state index contributed by atoms with van der Waals surface area (Å²) in [6.45, 7) is 3.88. The van der Waals surface area contributed by atoms with E-state index in [1.807, 2.05) is 13.1 Å². The van der Waals surface area contributed by atoms with Crippen molar-refractivity contribution < 1.29 is 13.9 Å². The van der Waals surface area contributed by atoms with Crippen LogP contribution in [-0.4, -0.2) is 31.6 Å². The Balaban J connectivity index is 2.59. The minimum absolute atomic E-state index is 0.311. The summed E-state index contributed by atoms with van der Waals surface area (Å²) in [6, 6.07) is 1.81. The van der Waals surface area contributed by atoms with Crippen molar-refractivity contribution in [2.24, 2.45) is 0 Å². The Kier molecular flexibility index (Phi) is 5.05. The van der Waals surface area contributed by atoms with Crippen LogP contribution in [0.3, 0.4) is 0 Å². The topological polar surface area (TPSA) is 42.7 Å². The van der Waals surface area contributed by atoms with E-state index in [0.717, 1.165) is 18.5 Å². The van der Waals surface area contributed by atoms with E-state index < -0.39 is 5.97 Å². The molecular formula is C12H19NO3. The standard InChI is InChI=1S/C12H19NO3/c1-4-5-7-13(2)9-10-6-8-16-11(10)12(14)15-3/h6,8H,4-5,7,9H2,1-3H3. The smallest absolute Gasteiger partial charge is 0.374 e. The molecule has 0 saturated carbocycles. The predicted molar refractivity (Wildman–Crippen MR) is 61.3 cm³/mol. The molecule has 0 N–H and O–H groups in total. The average Bonchev–Trinajstić information content (AvgIpc) is 2.73. The molecule has 0 bridgehead atoms. The van der Waals surface area contributed by atoms with Gasteiger partial charge >= 0.3 is 5.97 Å². The van der Waals surface area contributed by atoms with E-state index in [1.165, 1.54) is 19.8 Å². The van der Waals surface area contributed by atoms with E-state index in [-0.39, 0.29) is 0 Å². The highest BCUT2D eigenvalue weighted by atomic mass is 16.5. The van der Waals surface area contributed by atoms with Gasteiger partial charge in [0.1, 0.15) is 0 Å². The van der Waals surface area contributed by atoms with Crippen LogP contribution in [0.5, 0.6) is 0 Å². The van der Waals surface area contributed by atoms with E-state index in [0.29, 0.717) is 12.3 Å². The fourth-order valence-electron chi connectivity index (χ4n) is 1.53. The molecular weight excluding hydrogens is 206 g/mol. The van der Waals surface area contributed by atoms with Crippen LogP contribution in [0.2, 0.25) is 0 Å². The summed E-state index contributed by atoms with van der Waals surface area (Å²) >= 11 is 0. The zero-order valence-corrected chi connectivity index (χ0v) is 10.2. The summed E-state index contributed by atoms with van der Waals surface area (Å²) in [4.78, 5) is 13.5. The molecule has 0 aliphatic heterocycles. The summed E-state index contributed by atoms with van der Waals surface area (Å²) < 4.78 is 9.77. The minimum atomic E-state index is -0.413. The van der Waals surface area contributed by atoms with Gasteiger partial charge in [-0.15, -0.1) is 0 Å². The van der Waals surface area contributed by atoms with Crippen LogP contribution < -0.4 is 0 Å². The van der Waals surface area contributed by atoms with Crippen molar-refractivity contribution in [3.63, 3.8) is 0 Å². The van der Waals surface area contributed by atoms with Crippen LogP contribution in [-0.2, 0) is 11.3 Å². The van der Waals surface area contributed by atoms with Crippen molar-refractivity contribution in [1.82, 2.24) is 4.90 Å². The lowest BCUT2D eigenvalue weighted by atomic mass is 10.2. The van der Waals surface area contributed by atoms with Gasteiger partial charge in [-0.25, -0.2) is 4.79 Å². The lowest BCUT2D eigenvalue weighted by molar-refractivity contribution is 0.0562. The largest absolute Gasteiger partial charge is 0.463 e. The number of esters is 1. The molecule has 90 valence electrons. The third kappa shape index (κ3) is 3.38. The molecule has 0 saturated heterocycles. The Morgan fingerprint density at radius 3 is 2.94 bits per heavy atom. The van der Waals surface area contributed by atoms with Gasteiger partial charge in [-0.1, -0.05) is 13.3 Å². The normalized spacial score (nSPS) is 10.8. The van der Waals surface area contributed by atoms with Crippen molar-refractivity contribution in [1.29, 1.82) is 0 Å². The fraction of sp³-hybridized carbons (Fsp3) is 0.583. The molecule has 1 rings (SSSR count). The number of rotatable bonds is 6. The third-order valence-electron chi connectivity index (χ3n) is 2.45. The summed E-state index contributed by atoms with van der Waals surface area (Å²) in [7, 11) is 3.39. The van der Waals surface area contributed by atoms with Gasteiger partial charge in [0.2, 0.25) is 5.76 Å². The molecule has 16 heavy (non-hydrogen) atoms. The molecule has 0 aliphatic carbocycles. The highest BCUT2D eigenvalue weighted by Crippen LogP contribution is 2.14. The average molecular weight is 225 g/mol. The first-order valence-corrected chi connectivity index (χ1v) is 5.52. The summed E-state index contributed by atoms with van der Waals surface area (Å²) in [5, 5.41) is 0. The first kappa shape index (κ1) is 12.8. The maximum Gasteiger partial charge on any atom is 0.374 e. The molecule has 0 radical (unpaired) electrons. The second kappa shape index (κ2) is 6.33. The Morgan fingerprint density at radius 1 is 1.56 bits per heavy atom. The van der Waals surface area contributed by atoms with Crippen LogP contribution in [0.1, 0.15) is 35.9 Å². The second-order valence-electron chi connectivity index (χ2n) is 3.86. The van der Waals surface area contributed by atoms with E-state index in [1.54, 1.807) is 0 Å². The van der Waals surface area contributed by atoms with E-state index in [4.69, 9.17) is 4.42 Å². The number of furan rings is 1. The zero-order chi connectivity index (χ0) is 12.0. The Hall–Kier alpha value is -1.29. The Bertz CT molecular complexity index is 333. The number of nitrogens with zero attached hydrogens (tertiary/aromatic N) is 1. The van der Waals surface area contributed by atoms with Crippen molar-refractivity contribution in [2.75, 3.05) is 20.7 Å². The molecule has 0 aliphatic rings. The van der Waals surface area contributed by atoms with Crippen molar-refractivity contribution >= 4 is 5.97 Å². The first-order valence-electron chi connectivity index (χ1n) is 5.52. The van der Waals surface area contributed by atoms with Gasteiger partial charge in [0.25, 0.3) is 0 Å². The third-order valence-corrected chi connectivity index (χ3v) is 2.45. The van der Waals surface area contributed by atoms with Crippen LogP contribution in [0.4, 0.5) is 0 Å². The fourth-order valence-corrected chi connectivity index (χ4v) is 1.53. The predicted octanol–water partition coefficient (Wildman–Crippen LogP) is 2.30. The van der Waals surface area contributed by atoms with Crippen LogP contribution in [0.15, 0.2) is 16.7 Å². The van der Waals surface area contributed by atoms with E-state index in [9.17, 15) is 4.79 Å². The molecule has 0 fully saturated rings. The lowest BCUT2D eigenvalue weighted by Crippen LogP contribution is -2.20. The van der Waals surface area contributed by atoms with E-state index in [2.05, 4.69) is 16.6 Å². The molecule has 4 nitrogen and oxygen atoms in total. The molecule has 1 heterocycles. The minimum Gasteiger partial charge on any atom is -0.463 e. The highest BCUT2D eigenvalue weighted by Gasteiger charge is 2.16. The van der Waals surface area contributed by atoms with Gasteiger partial charge in [-0.2, -0.15) is 0 Å². The van der Waals surface area contributed by atoms with Crippen molar-refractivity contribution in [2.45, 2.75) is 26.3 Å². The van der Waals surface area contributed by atoms with E-state index >= 15 is 0 Å². The molecule has 1 aromatic heterocycles. The number of unbranched alkanes of at least 4 members (excludes halogenated alkanes) is 1. The van der Waals surface area contributed by atoms with Gasteiger partial charge in [0.05, 0.1) is 13.4 Å². The number of carbonyl (C=O) groups excluding carboxylic acids is 1. The molecule has 1 aromatic rings. The molecule has 4 heteroatoms. The second-order valence-corrected chi connectivity index (χ2v) is 3.86. The van der Waals surface area contributed by atoms with Crippen molar-refractivity contribution in [3.05, 3.63) is 23.7 Å². The Labute approximate surface area is 96.2 Å². The molecule has 0 atom stereocenters. The molecule has 0 spiro atoms. The molecule has 0 amide bonds. The summed E-state index contributed by atoms with van der Waals surface area (Å²) in [6.07, 6.45) is 3.84. The molecule has 0 aromatic carbocycles. The number of hydrogen-bond acceptors (Lipinski definition) is 4. The zero-order valence-electron chi connectivity index (χ0n) is 10.2. The van der Waals surface area contributed by atoms with Crippen LogP contribution >= 0.6 is 0 Å². The maximum atomic E-state index is 11.4. The van der Waals surface area contributed by atoms with Gasteiger partial charge < -0.3 is 14.1 Å². The van der Waals surface area contributed by atoms with Gasteiger partial charge in [-0.05, 0) is 26.1 Å². The monoisotopic (exact) mass is 225 g/mol. The van der Waals surface area contributed by atoms with Crippen molar-refractivity contribution in [3.8, 4) is 0 Å². The highest BCUT2D eigenvalue weighted by molar-refractivity contribution is 5.87. The summed E-state index contributed by atoms with van der Waals surface area (Å²) in [5.41, 5.74) is 0.880. The SMILES string of the molecule is CCCCN(C)Cc1ccoc1C(=O)OC. The number of methoxy groups -OCH3 is 1. The van der Waals surface area contributed by atoms with Crippen LogP contribution in [0, 0.1) is 0 Å². The Morgan fingerprint density at radius 2 is 2.31 bits per heavy atom. The van der Waals surface area contributed by atoms with Gasteiger partial charge in [0.15, 0.2) is 0 Å². The number of hydrogen-bond donors (Lipinski definition) is 0.